The number of hydrogen-bond acceptors (Lipinski definition) is 5. The number of likely N-dealkylation sites (tertiary alicyclic amines) is 1. The summed E-state index contributed by atoms with van der Waals surface area (Å²) in [7, 11) is 0. The number of carbonyl (C=O) groups excluding carboxylic acids is 4. The molecule has 2 aromatic rings. The molecule has 1 N–H and O–H groups in total. The van der Waals surface area contributed by atoms with Crippen LogP contribution in [0.5, 0.6) is 5.75 Å². The molecular weight excluding hydrogens is 466 g/mol. The summed E-state index contributed by atoms with van der Waals surface area (Å²) in [6.45, 7) is 7.19. The first kappa shape index (κ1) is 23.6. The van der Waals surface area contributed by atoms with Crippen molar-refractivity contribution in [2.24, 2.45) is 17.8 Å². The van der Waals surface area contributed by atoms with Gasteiger partial charge in [0.25, 0.3) is 0 Å². The number of carbonyl (C=O) groups is 4. The molecule has 4 aliphatic rings. The Hall–Kier alpha value is -3.80. The van der Waals surface area contributed by atoms with Crippen LogP contribution in [0.25, 0.3) is 10.8 Å². The van der Waals surface area contributed by atoms with E-state index in [1.165, 1.54) is 11.0 Å². The summed E-state index contributed by atoms with van der Waals surface area (Å²) in [5, 5.41) is 12.9. The van der Waals surface area contributed by atoms with Gasteiger partial charge in [0.1, 0.15) is 5.75 Å². The summed E-state index contributed by atoms with van der Waals surface area (Å²) in [6.07, 6.45) is 3.98. The van der Waals surface area contributed by atoms with Crippen molar-refractivity contribution in [2.45, 2.75) is 52.0 Å². The molecule has 3 aliphatic carbocycles. The Kier molecular flexibility index (Phi) is 5.00. The highest BCUT2D eigenvalue weighted by molar-refractivity contribution is 6.24. The number of ketones is 2. The van der Waals surface area contributed by atoms with E-state index in [9.17, 15) is 24.3 Å². The summed E-state index contributed by atoms with van der Waals surface area (Å²) < 4.78 is 0. The van der Waals surface area contributed by atoms with Gasteiger partial charge in [-0.1, -0.05) is 42.0 Å². The van der Waals surface area contributed by atoms with E-state index in [4.69, 9.17) is 0 Å². The smallest absolute Gasteiger partial charge is 0.234 e. The number of aromatic hydroxyl groups is 1. The van der Waals surface area contributed by atoms with Crippen molar-refractivity contribution in [3.05, 3.63) is 76.4 Å². The van der Waals surface area contributed by atoms with Crippen molar-refractivity contribution >= 4 is 34.2 Å². The van der Waals surface area contributed by atoms with Gasteiger partial charge in [0.15, 0.2) is 11.6 Å². The van der Waals surface area contributed by atoms with Crippen LogP contribution in [0.3, 0.4) is 0 Å². The number of amides is 2. The Balaban J connectivity index is 1.60. The lowest BCUT2D eigenvalue weighted by Crippen LogP contribution is -2.46. The number of hydrogen-bond donors (Lipinski definition) is 1. The third kappa shape index (κ3) is 3.24. The van der Waals surface area contributed by atoms with Crippen molar-refractivity contribution in [1.29, 1.82) is 0 Å². The molecule has 0 radical (unpaired) electrons. The Labute approximate surface area is 215 Å². The molecule has 1 fully saturated rings. The van der Waals surface area contributed by atoms with E-state index in [0.29, 0.717) is 28.7 Å². The predicted molar refractivity (Wildman–Crippen MR) is 139 cm³/mol. The fraction of sp³-hybridized carbons (Fsp3) is 0.355. The average molecular weight is 496 g/mol. The van der Waals surface area contributed by atoms with Crippen LogP contribution in [-0.2, 0) is 19.2 Å². The molecular formula is C31H29NO5. The van der Waals surface area contributed by atoms with E-state index in [-0.39, 0.29) is 35.6 Å². The summed E-state index contributed by atoms with van der Waals surface area (Å²) in [6, 6.07) is 11.1. The van der Waals surface area contributed by atoms with Gasteiger partial charge in [0.2, 0.25) is 11.8 Å². The molecule has 0 spiro atoms. The van der Waals surface area contributed by atoms with Gasteiger partial charge in [-0.2, -0.15) is 0 Å². The third-order valence-corrected chi connectivity index (χ3v) is 8.47. The first-order valence-electron chi connectivity index (χ1n) is 12.8. The maximum atomic E-state index is 13.8. The van der Waals surface area contributed by atoms with E-state index in [2.05, 4.69) is 0 Å². The fourth-order valence-electron chi connectivity index (χ4n) is 6.94. The standard InChI is InChI=1S/C31H29NO5/c1-15-13-23(34)21-14-20-18(10-11-19-24(20)30(37)32(29(19)36)31(2,3)4)26(27(21)28(15)35)25-17-8-6-5-7-16(17)9-12-22(25)33/h5-10,12-13,19-20,24,26,33H,11,14H2,1-4H3. The number of phenolic OH excluding ortho intramolecular Hbond substituents is 1. The average Bonchev–Trinajstić information content (AvgIpc) is 3.11. The molecule has 1 aliphatic heterocycles. The molecule has 1 saturated heterocycles. The largest absolute Gasteiger partial charge is 0.508 e. The van der Waals surface area contributed by atoms with Crippen LogP contribution in [0.15, 0.2) is 70.8 Å². The van der Waals surface area contributed by atoms with Crippen LogP contribution < -0.4 is 0 Å². The van der Waals surface area contributed by atoms with Crippen molar-refractivity contribution in [2.75, 3.05) is 0 Å². The highest BCUT2D eigenvalue weighted by Gasteiger charge is 2.58. The minimum atomic E-state index is -0.674. The molecule has 2 aromatic carbocycles. The number of rotatable bonds is 1. The van der Waals surface area contributed by atoms with Gasteiger partial charge in [-0.15, -0.1) is 0 Å². The van der Waals surface area contributed by atoms with Crippen LogP contribution >= 0.6 is 0 Å². The number of phenols is 1. The van der Waals surface area contributed by atoms with Crippen molar-refractivity contribution in [1.82, 2.24) is 4.90 Å². The molecule has 188 valence electrons. The van der Waals surface area contributed by atoms with Gasteiger partial charge >= 0.3 is 0 Å². The second-order valence-electron chi connectivity index (χ2n) is 11.6. The van der Waals surface area contributed by atoms with Crippen LogP contribution in [0.2, 0.25) is 0 Å². The minimum absolute atomic E-state index is 0.0387. The van der Waals surface area contributed by atoms with E-state index < -0.39 is 29.2 Å². The SMILES string of the molecule is CC1=CC(=O)C2=C(C1=O)C(c1c(O)ccc3ccccc13)C1=CCC3C(=O)N(C(C)(C)C)C(=O)C3C1C2. The molecule has 6 nitrogen and oxygen atoms in total. The van der Waals surface area contributed by atoms with Crippen molar-refractivity contribution < 1.29 is 24.3 Å². The lowest BCUT2D eigenvalue weighted by atomic mass is 9.59. The molecule has 6 heteroatoms. The Bertz CT molecular complexity index is 1530. The van der Waals surface area contributed by atoms with Crippen LogP contribution in [0.4, 0.5) is 0 Å². The second kappa shape index (κ2) is 7.85. The molecule has 0 aromatic heterocycles. The van der Waals surface area contributed by atoms with Gasteiger partial charge in [0.05, 0.1) is 11.8 Å². The molecule has 2 amide bonds. The zero-order chi connectivity index (χ0) is 26.4. The van der Waals surface area contributed by atoms with E-state index in [0.717, 1.165) is 16.3 Å². The monoisotopic (exact) mass is 495 g/mol. The highest BCUT2D eigenvalue weighted by Crippen LogP contribution is 2.57. The van der Waals surface area contributed by atoms with Gasteiger partial charge in [0, 0.05) is 33.7 Å². The number of fused-ring (bicyclic) bond motifs is 4. The first-order chi connectivity index (χ1) is 17.5. The lowest BCUT2D eigenvalue weighted by molar-refractivity contribution is -0.145. The van der Waals surface area contributed by atoms with Gasteiger partial charge < -0.3 is 5.11 Å². The molecule has 0 saturated carbocycles. The lowest BCUT2D eigenvalue weighted by Gasteiger charge is -2.42. The zero-order valence-corrected chi connectivity index (χ0v) is 21.4. The van der Waals surface area contributed by atoms with Gasteiger partial charge in [-0.3, -0.25) is 24.1 Å². The summed E-state index contributed by atoms with van der Waals surface area (Å²) >= 11 is 0. The van der Waals surface area contributed by atoms with Crippen molar-refractivity contribution in [3.63, 3.8) is 0 Å². The van der Waals surface area contributed by atoms with E-state index >= 15 is 0 Å². The maximum Gasteiger partial charge on any atom is 0.234 e. The highest BCUT2D eigenvalue weighted by atomic mass is 16.3. The summed E-state index contributed by atoms with van der Waals surface area (Å²) in [5.74, 6) is -2.97. The number of allylic oxidation sites excluding steroid dienone is 6. The Morgan fingerprint density at radius 2 is 1.68 bits per heavy atom. The molecule has 4 unspecified atom stereocenters. The topological polar surface area (TPSA) is 91.8 Å². The first-order valence-corrected chi connectivity index (χ1v) is 12.8. The van der Waals surface area contributed by atoms with Crippen molar-refractivity contribution in [3.8, 4) is 5.75 Å². The Morgan fingerprint density at radius 3 is 2.41 bits per heavy atom. The normalized spacial score (nSPS) is 27.7. The summed E-state index contributed by atoms with van der Waals surface area (Å²) in [5.41, 5.74) is 1.91. The van der Waals surface area contributed by atoms with Crippen LogP contribution in [0, 0.1) is 17.8 Å². The van der Waals surface area contributed by atoms with Gasteiger partial charge in [-0.25, -0.2) is 0 Å². The molecule has 6 rings (SSSR count). The third-order valence-electron chi connectivity index (χ3n) is 8.47. The quantitative estimate of drug-likeness (QED) is 0.350. The van der Waals surface area contributed by atoms with Crippen LogP contribution in [0.1, 0.15) is 52.0 Å². The molecule has 1 heterocycles. The number of benzene rings is 2. The van der Waals surface area contributed by atoms with Gasteiger partial charge in [-0.05, 0) is 69.4 Å². The molecule has 0 bridgehead atoms. The van der Waals surface area contributed by atoms with Crippen LogP contribution in [-0.4, -0.2) is 38.9 Å². The fourth-order valence-corrected chi connectivity index (χ4v) is 6.94. The molecule has 37 heavy (non-hydrogen) atoms. The minimum Gasteiger partial charge on any atom is -0.508 e. The van der Waals surface area contributed by atoms with E-state index in [1.807, 2.05) is 57.2 Å². The zero-order valence-electron chi connectivity index (χ0n) is 21.4. The number of imide groups is 1. The maximum absolute atomic E-state index is 13.8. The second-order valence-corrected chi connectivity index (χ2v) is 11.6. The Morgan fingerprint density at radius 1 is 0.946 bits per heavy atom. The van der Waals surface area contributed by atoms with E-state index in [1.54, 1.807) is 13.0 Å². The number of Topliss-reactive ketones (excluding diaryl/α,β-unsaturated/α-hetero) is 1. The number of nitrogens with zero attached hydrogens (tertiary/aromatic N) is 1. The molecule has 4 atom stereocenters. The summed E-state index contributed by atoms with van der Waals surface area (Å²) in [4.78, 5) is 55.5. The predicted octanol–water partition coefficient (Wildman–Crippen LogP) is 4.77.